The number of nitrogens with zero attached hydrogens (tertiary/aromatic N) is 2. The van der Waals surface area contributed by atoms with Crippen molar-refractivity contribution in [3.05, 3.63) is 59.5 Å². The van der Waals surface area contributed by atoms with E-state index in [1.807, 2.05) is 19.1 Å². The van der Waals surface area contributed by atoms with Crippen LogP contribution in [0, 0.1) is 17.1 Å². The van der Waals surface area contributed by atoms with E-state index < -0.39 is 0 Å². The third kappa shape index (κ3) is 3.78. The molecular formula is C15H14FN3. The number of aromatic nitrogens is 1. The van der Waals surface area contributed by atoms with E-state index in [1.54, 1.807) is 24.3 Å². The second-order valence-corrected chi connectivity index (χ2v) is 4.40. The zero-order valence-electron chi connectivity index (χ0n) is 10.6. The fourth-order valence-electron chi connectivity index (χ4n) is 1.85. The average Bonchev–Trinajstić information content (AvgIpc) is 2.41. The van der Waals surface area contributed by atoms with Crippen LogP contribution in [0.15, 0.2) is 42.5 Å². The Kier molecular flexibility index (Phi) is 4.09. The van der Waals surface area contributed by atoms with Crippen molar-refractivity contribution >= 4 is 5.82 Å². The van der Waals surface area contributed by atoms with Crippen molar-refractivity contribution in [2.45, 2.75) is 19.4 Å². The van der Waals surface area contributed by atoms with Crippen LogP contribution in [0.4, 0.5) is 10.2 Å². The molecule has 2 aromatic rings. The minimum atomic E-state index is -0.229. The Hall–Kier alpha value is -2.41. The lowest BCUT2D eigenvalue weighted by Gasteiger charge is -2.14. The molecule has 1 heterocycles. The van der Waals surface area contributed by atoms with Gasteiger partial charge in [-0.05, 0) is 43.2 Å². The number of benzene rings is 1. The molecule has 4 heteroatoms. The average molecular weight is 255 g/mol. The van der Waals surface area contributed by atoms with Gasteiger partial charge in [0, 0.05) is 6.04 Å². The summed E-state index contributed by atoms with van der Waals surface area (Å²) in [5.74, 6) is 0.446. The third-order valence-corrected chi connectivity index (χ3v) is 2.71. The smallest absolute Gasteiger partial charge is 0.142 e. The van der Waals surface area contributed by atoms with Crippen LogP contribution < -0.4 is 5.32 Å². The summed E-state index contributed by atoms with van der Waals surface area (Å²) in [6.45, 7) is 2.02. The summed E-state index contributed by atoms with van der Waals surface area (Å²) in [6.07, 6.45) is 0.763. The molecule has 0 aliphatic carbocycles. The second kappa shape index (κ2) is 5.96. The maximum atomic E-state index is 12.8. The SMILES string of the molecule is CC(Cc1ccc(F)cc1)Nc1cccc(C#N)n1. The van der Waals surface area contributed by atoms with Gasteiger partial charge < -0.3 is 5.32 Å². The Labute approximate surface area is 111 Å². The minimum absolute atomic E-state index is 0.145. The lowest BCUT2D eigenvalue weighted by atomic mass is 10.1. The highest BCUT2D eigenvalue weighted by atomic mass is 19.1. The molecule has 0 fully saturated rings. The predicted molar refractivity (Wildman–Crippen MR) is 72.1 cm³/mol. The van der Waals surface area contributed by atoms with Crippen LogP contribution in [-0.2, 0) is 6.42 Å². The molecule has 1 N–H and O–H groups in total. The third-order valence-electron chi connectivity index (χ3n) is 2.71. The van der Waals surface area contributed by atoms with Crippen molar-refractivity contribution in [1.82, 2.24) is 4.98 Å². The molecule has 0 aliphatic heterocycles. The zero-order chi connectivity index (χ0) is 13.7. The number of pyridine rings is 1. The molecule has 1 atom stereocenters. The van der Waals surface area contributed by atoms with Gasteiger partial charge in [-0.2, -0.15) is 5.26 Å². The van der Waals surface area contributed by atoms with Crippen LogP contribution in [0.2, 0.25) is 0 Å². The highest BCUT2D eigenvalue weighted by Crippen LogP contribution is 2.10. The summed E-state index contributed by atoms with van der Waals surface area (Å²) in [5, 5.41) is 12.0. The number of hydrogen-bond donors (Lipinski definition) is 1. The van der Waals surface area contributed by atoms with Crippen molar-refractivity contribution < 1.29 is 4.39 Å². The zero-order valence-corrected chi connectivity index (χ0v) is 10.6. The summed E-state index contributed by atoms with van der Waals surface area (Å²) in [4.78, 5) is 4.15. The normalized spacial score (nSPS) is 11.6. The summed E-state index contributed by atoms with van der Waals surface area (Å²) >= 11 is 0. The van der Waals surface area contributed by atoms with Gasteiger partial charge in [-0.1, -0.05) is 18.2 Å². The summed E-state index contributed by atoms with van der Waals surface area (Å²) < 4.78 is 12.8. The molecule has 19 heavy (non-hydrogen) atoms. The van der Waals surface area contributed by atoms with E-state index in [2.05, 4.69) is 10.3 Å². The van der Waals surface area contributed by atoms with Crippen LogP contribution in [0.1, 0.15) is 18.2 Å². The summed E-state index contributed by atoms with van der Waals surface area (Å²) in [6, 6.07) is 13.9. The molecule has 1 unspecified atom stereocenters. The van der Waals surface area contributed by atoms with Gasteiger partial charge in [-0.25, -0.2) is 9.37 Å². The Morgan fingerprint density at radius 3 is 2.68 bits per heavy atom. The lowest BCUT2D eigenvalue weighted by Crippen LogP contribution is -2.19. The van der Waals surface area contributed by atoms with E-state index in [9.17, 15) is 4.39 Å². The standard InChI is InChI=1S/C15H14FN3/c1-11(9-12-5-7-13(16)8-6-12)18-15-4-2-3-14(10-17)19-15/h2-8,11H,9H2,1H3,(H,18,19). The van der Waals surface area contributed by atoms with E-state index >= 15 is 0 Å². The molecule has 0 bridgehead atoms. The van der Waals surface area contributed by atoms with Gasteiger partial charge in [-0.3, -0.25) is 0 Å². The molecule has 1 aromatic heterocycles. The molecule has 0 aliphatic rings. The first-order chi connectivity index (χ1) is 9.17. The quantitative estimate of drug-likeness (QED) is 0.913. The molecule has 96 valence electrons. The van der Waals surface area contributed by atoms with Gasteiger partial charge >= 0.3 is 0 Å². The molecular weight excluding hydrogens is 241 g/mol. The van der Waals surface area contributed by atoms with Gasteiger partial charge in [0.1, 0.15) is 23.4 Å². The Morgan fingerprint density at radius 1 is 1.26 bits per heavy atom. The van der Waals surface area contributed by atoms with E-state index in [0.717, 1.165) is 12.0 Å². The van der Waals surface area contributed by atoms with Crippen LogP contribution in [0.25, 0.3) is 0 Å². The predicted octanol–water partition coefficient (Wildman–Crippen LogP) is 3.14. The van der Waals surface area contributed by atoms with Crippen LogP contribution in [0.3, 0.4) is 0 Å². The van der Waals surface area contributed by atoms with Crippen molar-refractivity contribution in [3.63, 3.8) is 0 Å². The van der Waals surface area contributed by atoms with Gasteiger partial charge in [0.15, 0.2) is 0 Å². The van der Waals surface area contributed by atoms with Crippen molar-refractivity contribution in [3.8, 4) is 6.07 Å². The summed E-state index contributed by atoms with van der Waals surface area (Å²) in [7, 11) is 0. The lowest BCUT2D eigenvalue weighted by molar-refractivity contribution is 0.626. The maximum Gasteiger partial charge on any atom is 0.142 e. The highest BCUT2D eigenvalue weighted by molar-refractivity contribution is 5.39. The van der Waals surface area contributed by atoms with Gasteiger partial charge in [0.2, 0.25) is 0 Å². The fraction of sp³-hybridized carbons (Fsp3) is 0.200. The van der Waals surface area contributed by atoms with Crippen LogP contribution in [-0.4, -0.2) is 11.0 Å². The van der Waals surface area contributed by atoms with Gasteiger partial charge in [0.05, 0.1) is 0 Å². The topological polar surface area (TPSA) is 48.7 Å². The van der Waals surface area contributed by atoms with E-state index in [0.29, 0.717) is 11.5 Å². The molecule has 2 rings (SSSR count). The monoisotopic (exact) mass is 255 g/mol. The first-order valence-corrected chi connectivity index (χ1v) is 6.05. The van der Waals surface area contributed by atoms with Crippen molar-refractivity contribution in [2.24, 2.45) is 0 Å². The highest BCUT2D eigenvalue weighted by Gasteiger charge is 2.05. The molecule has 3 nitrogen and oxygen atoms in total. The number of nitriles is 1. The number of halogens is 1. The minimum Gasteiger partial charge on any atom is -0.367 e. The molecule has 0 radical (unpaired) electrons. The first kappa shape index (κ1) is 13.0. The number of nitrogens with one attached hydrogen (secondary N) is 1. The second-order valence-electron chi connectivity index (χ2n) is 4.40. The maximum absolute atomic E-state index is 12.8. The van der Waals surface area contributed by atoms with Crippen LogP contribution >= 0.6 is 0 Å². The van der Waals surface area contributed by atoms with E-state index in [1.165, 1.54) is 12.1 Å². The Bertz CT molecular complexity index is 587. The number of rotatable bonds is 4. The molecule has 0 spiro atoms. The molecule has 0 amide bonds. The first-order valence-electron chi connectivity index (χ1n) is 6.05. The van der Waals surface area contributed by atoms with Crippen molar-refractivity contribution in [1.29, 1.82) is 5.26 Å². The van der Waals surface area contributed by atoms with Crippen LogP contribution in [0.5, 0.6) is 0 Å². The summed E-state index contributed by atoms with van der Waals surface area (Å²) in [5.41, 5.74) is 1.44. The Balaban J connectivity index is 1.99. The molecule has 0 saturated carbocycles. The van der Waals surface area contributed by atoms with Crippen molar-refractivity contribution in [2.75, 3.05) is 5.32 Å². The van der Waals surface area contributed by atoms with Gasteiger partial charge in [0.25, 0.3) is 0 Å². The van der Waals surface area contributed by atoms with E-state index in [4.69, 9.17) is 5.26 Å². The number of hydrogen-bond acceptors (Lipinski definition) is 3. The van der Waals surface area contributed by atoms with Gasteiger partial charge in [-0.15, -0.1) is 0 Å². The van der Waals surface area contributed by atoms with E-state index in [-0.39, 0.29) is 11.9 Å². The number of anilines is 1. The molecule has 1 aromatic carbocycles. The largest absolute Gasteiger partial charge is 0.367 e. The molecule has 0 saturated heterocycles. The fourth-order valence-corrected chi connectivity index (χ4v) is 1.85. The Morgan fingerprint density at radius 2 is 2.00 bits per heavy atom.